The molecule has 0 unspecified atom stereocenters. The van der Waals surface area contributed by atoms with Crippen LogP contribution in [0.5, 0.6) is 0 Å². The SMILES string of the molecule is Cn1cc(Cc2cc(F)ccc2Cl)cn1. The highest BCUT2D eigenvalue weighted by atomic mass is 35.5. The summed E-state index contributed by atoms with van der Waals surface area (Å²) < 4.78 is 14.7. The average molecular weight is 225 g/mol. The van der Waals surface area contributed by atoms with Crippen molar-refractivity contribution in [3.8, 4) is 0 Å². The van der Waals surface area contributed by atoms with Crippen LogP contribution in [0.3, 0.4) is 0 Å². The van der Waals surface area contributed by atoms with E-state index in [1.165, 1.54) is 12.1 Å². The number of nitrogens with zero attached hydrogens (tertiary/aromatic N) is 2. The zero-order chi connectivity index (χ0) is 10.8. The Kier molecular flexibility index (Phi) is 2.73. The van der Waals surface area contributed by atoms with Gasteiger partial charge in [-0.25, -0.2) is 4.39 Å². The average Bonchev–Trinajstić information content (AvgIpc) is 2.58. The van der Waals surface area contributed by atoms with Gasteiger partial charge in [-0.2, -0.15) is 5.10 Å². The molecule has 4 heteroatoms. The third-order valence-electron chi connectivity index (χ3n) is 2.16. The van der Waals surface area contributed by atoms with Crippen LogP contribution in [0.25, 0.3) is 0 Å². The molecular weight excluding hydrogens is 215 g/mol. The second-order valence-electron chi connectivity index (χ2n) is 3.43. The monoisotopic (exact) mass is 224 g/mol. The fourth-order valence-corrected chi connectivity index (χ4v) is 1.65. The van der Waals surface area contributed by atoms with Gasteiger partial charge in [0.25, 0.3) is 0 Å². The van der Waals surface area contributed by atoms with E-state index in [0.29, 0.717) is 11.4 Å². The highest BCUT2D eigenvalue weighted by Gasteiger charge is 2.04. The normalized spacial score (nSPS) is 10.6. The molecule has 15 heavy (non-hydrogen) atoms. The molecule has 0 radical (unpaired) electrons. The maximum absolute atomic E-state index is 13.0. The van der Waals surface area contributed by atoms with Crippen molar-refractivity contribution >= 4 is 11.6 Å². The summed E-state index contributed by atoms with van der Waals surface area (Å²) >= 11 is 5.96. The Labute approximate surface area is 92.3 Å². The lowest BCUT2D eigenvalue weighted by molar-refractivity contribution is 0.626. The van der Waals surface area contributed by atoms with Crippen LogP contribution in [0.4, 0.5) is 4.39 Å². The fraction of sp³-hybridized carbons (Fsp3) is 0.182. The molecule has 0 fully saturated rings. The number of aryl methyl sites for hydroxylation is 1. The van der Waals surface area contributed by atoms with Gasteiger partial charge in [0.05, 0.1) is 6.20 Å². The highest BCUT2D eigenvalue weighted by molar-refractivity contribution is 6.31. The lowest BCUT2D eigenvalue weighted by Gasteiger charge is -2.01. The van der Waals surface area contributed by atoms with Crippen molar-refractivity contribution in [1.82, 2.24) is 9.78 Å². The van der Waals surface area contributed by atoms with Crippen LogP contribution in [-0.2, 0) is 13.5 Å². The number of hydrogen-bond acceptors (Lipinski definition) is 1. The van der Waals surface area contributed by atoms with Gasteiger partial charge in [-0.1, -0.05) is 11.6 Å². The second-order valence-corrected chi connectivity index (χ2v) is 3.84. The number of aromatic nitrogens is 2. The van der Waals surface area contributed by atoms with E-state index in [1.807, 2.05) is 13.2 Å². The minimum Gasteiger partial charge on any atom is -0.276 e. The number of hydrogen-bond donors (Lipinski definition) is 0. The molecule has 2 rings (SSSR count). The molecule has 0 atom stereocenters. The van der Waals surface area contributed by atoms with Crippen molar-refractivity contribution in [2.45, 2.75) is 6.42 Å². The maximum atomic E-state index is 13.0. The summed E-state index contributed by atoms with van der Waals surface area (Å²) in [7, 11) is 1.84. The number of rotatable bonds is 2. The smallest absolute Gasteiger partial charge is 0.123 e. The van der Waals surface area contributed by atoms with Crippen LogP contribution in [0.1, 0.15) is 11.1 Å². The van der Waals surface area contributed by atoms with Crippen molar-refractivity contribution in [1.29, 1.82) is 0 Å². The minimum absolute atomic E-state index is 0.265. The van der Waals surface area contributed by atoms with Gasteiger partial charge in [-0.3, -0.25) is 4.68 Å². The Balaban J connectivity index is 2.27. The number of benzene rings is 1. The van der Waals surface area contributed by atoms with E-state index in [1.54, 1.807) is 16.9 Å². The largest absolute Gasteiger partial charge is 0.276 e. The molecule has 0 saturated carbocycles. The molecular formula is C11H10ClFN2. The predicted molar refractivity (Wildman–Crippen MR) is 57.4 cm³/mol. The van der Waals surface area contributed by atoms with Gasteiger partial charge >= 0.3 is 0 Å². The molecule has 78 valence electrons. The fourth-order valence-electron chi connectivity index (χ4n) is 1.46. The first-order valence-corrected chi connectivity index (χ1v) is 4.94. The van der Waals surface area contributed by atoms with Crippen molar-refractivity contribution in [2.75, 3.05) is 0 Å². The van der Waals surface area contributed by atoms with E-state index < -0.39 is 0 Å². The van der Waals surface area contributed by atoms with E-state index in [9.17, 15) is 4.39 Å². The van der Waals surface area contributed by atoms with E-state index in [4.69, 9.17) is 11.6 Å². The van der Waals surface area contributed by atoms with Gasteiger partial charge < -0.3 is 0 Å². The van der Waals surface area contributed by atoms with Crippen molar-refractivity contribution in [2.24, 2.45) is 7.05 Å². The van der Waals surface area contributed by atoms with Crippen molar-refractivity contribution in [3.05, 3.63) is 52.6 Å². The molecule has 0 N–H and O–H groups in total. The Morgan fingerprint density at radius 1 is 1.47 bits per heavy atom. The molecule has 0 aliphatic heterocycles. The summed E-state index contributed by atoms with van der Waals surface area (Å²) in [5.74, 6) is -0.265. The van der Waals surface area contributed by atoms with Gasteiger partial charge in [0, 0.05) is 24.7 Å². The quantitative estimate of drug-likeness (QED) is 0.767. The summed E-state index contributed by atoms with van der Waals surface area (Å²) in [6, 6.07) is 4.38. The van der Waals surface area contributed by atoms with Crippen molar-refractivity contribution in [3.63, 3.8) is 0 Å². The molecule has 0 amide bonds. The molecule has 0 bridgehead atoms. The second kappa shape index (κ2) is 4.03. The molecule has 1 aromatic carbocycles. The van der Waals surface area contributed by atoms with E-state index in [0.717, 1.165) is 11.1 Å². The Morgan fingerprint density at radius 2 is 2.27 bits per heavy atom. The zero-order valence-electron chi connectivity index (χ0n) is 8.24. The molecule has 2 aromatic rings. The summed E-state index contributed by atoms with van der Waals surface area (Å²) in [5.41, 5.74) is 1.80. The molecule has 0 aliphatic rings. The summed E-state index contributed by atoms with van der Waals surface area (Å²) in [4.78, 5) is 0. The maximum Gasteiger partial charge on any atom is 0.123 e. The van der Waals surface area contributed by atoms with E-state index in [2.05, 4.69) is 5.10 Å². The van der Waals surface area contributed by atoms with Gasteiger partial charge in [0.15, 0.2) is 0 Å². The Morgan fingerprint density at radius 3 is 2.93 bits per heavy atom. The Bertz CT molecular complexity index is 479. The van der Waals surface area contributed by atoms with Crippen LogP contribution in [-0.4, -0.2) is 9.78 Å². The van der Waals surface area contributed by atoms with E-state index >= 15 is 0 Å². The van der Waals surface area contributed by atoms with Crippen LogP contribution in [0.2, 0.25) is 5.02 Å². The first kappa shape index (κ1) is 10.2. The first-order chi connectivity index (χ1) is 7.15. The standard InChI is InChI=1S/C11H10ClFN2/c1-15-7-8(6-14-15)4-9-5-10(13)2-3-11(9)12/h2-3,5-7H,4H2,1H3. The van der Waals surface area contributed by atoms with Gasteiger partial charge in [0.2, 0.25) is 0 Å². The summed E-state index contributed by atoms with van der Waals surface area (Å²) in [5, 5.41) is 4.63. The molecule has 2 nitrogen and oxygen atoms in total. The molecule has 0 saturated heterocycles. The topological polar surface area (TPSA) is 17.8 Å². The molecule has 1 aromatic heterocycles. The van der Waals surface area contributed by atoms with Crippen LogP contribution in [0, 0.1) is 5.82 Å². The minimum atomic E-state index is -0.265. The summed E-state index contributed by atoms with van der Waals surface area (Å²) in [6.45, 7) is 0. The number of halogens is 2. The van der Waals surface area contributed by atoms with Gasteiger partial charge in [-0.05, 0) is 29.3 Å². The Hall–Kier alpha value is -1.35. The molecule has 1 heterocycles. The molecule has 0 aliphatic carbocycles. The van der Waals surface area contributed by atoms with Gasteiger partial charge in [-0.15, -0.1) is 0 Å². The predicted octanol–water partition coefficient (Wildman–Crippen LogP) is 2.80. The van der Waals surface area contributed by atoms with Crippen LogP contribution >= 0.6 is 11.6 Å². The first-order valence-electron chi connectivity index (χ1n) is 4.56. The van der Waals surface area contributed by atoms with Crippen molar-refractivity contribution < 1.29 is 4.39 Å². The molecule has 0 spiro atoms. The zero-order valence-corrected chi connectivity index (χ0v) is 9.00. The third-order valence-corrected chi connectivity index (χ3v) is 2.53. The van der Waals surface area contributed by atoms with Gasteiger partial charge in [0.1, 0.15) is 5.82 Å². The van der Waals surface area contributed by atoms with Crippen LogP contribution in [0.15, 0.2) is 30.6 Å². The van der Waals surface area contributed by atoms with Crippen LogP contribution < -0.4 is 0 Å². The lowest BCUT2D eigenvalue weighted by Crippen LogP contribution is -1.89. The highest BCUT2D eigenvalue weighted by Crippen LogP contribution is 2.20. The lowest BCUT2D eigenvalue weighted by atomic mass is 10.1. The van der Waals surface area contributed by atoms with E-state index in [-0.39, 0.29) is 5.82 Å². The third kappa shape index (κ3) is 2.36. The summed E-state index contributed by atoms with van der Waals surface area (Å²) in [6.07, 6.45) is 4.24.